The third-order valence-electron chi connectivity index (χ3n) is 6.29. The molecular weight excluding hydrogens is 578 g/mol. The standard InChI is InChI=1S/C26H44BrN7O4.C2H6/c1-8-36-16-33(17-37-9-2)24-21(27)22(19-11-10-12-32(15-19)25(35)38-26(4,5)6)30-23-20(13-29-34(23)24)18(3)14-31(7)28;1-2/h14,19,29H,8-13,15-17,28H2,1-7H3;1-2H3/b18-14+;. The summed E-state index contributed by atoms with van der Waals surface area (Å²) in [5.41, 5.74) is 5.89. The van der Waals surface area contributed by atoms with Gasteiger partial charge in [0.15, 0.2) is 5.82 Å². The molecule has 0 saturated carbocycles. The summed E-state index contributed by atoms with van der Waals surface area (Å²) in [5, 5.41) is 3.53. The van der Waals surface area contributed by atoms with E-state index in [1.54, 1.807) is 17.0 Å². The van der Waals surface area contributed by atoms with E-state index < -0.39 is 5.60 Å². The van der Waals surface area contributed by atoms with Crippen LogP contribution in [0.4, 0.5) is 4.79 Å². The van der Waals surface area contributed by atoms with Crippen molar-refractivity contribution in [1.82, 2.24) is 25.2 Å². The van der Waals surface area contributed by atoms with Crippen LogP contribution in [0.25, 0.3) is 0 Å². The Hall–Kier alpha value is -2.12. The number of likely N-dealkylation sites (tertiary alicyclic amines) is 1. The molecule has 3 aliphatic rings. The minimum absolute atomic E-state index is 0.0275. The highest BCUT2D eigenvalue weighted by molar-refractivity contribution is 9.12. The number of hydrazine groups is 2. The lowest BCUT2D eigenvalue weighted by Gasteiger charge is -2.39. The number of piperidine rings is 1. The molecule has 0 spiro atoms. The summed E-state index contributed by atoms with van der Waals surface area (Å²) in [6.45, 7) is 19.3. The number of ether oxygens (including phenoxy) is 3. The zero-order chi connectivity index (χ0) is 30.0. The number of aliphatic imine (C=N–C) groups is 1. The Bertz CT molecular complexity index is 980. The fraction of sp³-hybridized carbons (Fsp3) is 0.714. The summed E-state index contributed by atoms with van der Waals surface area (Å²) in [4.78, 5) is 21.9. The fourth-order valence-corrected chi connectivity index (χ4v) is 5.46. The van der Waals surface area contributed by atoms with Crippen LogP contribution >= 0.6 is 15.9 Å². The molecule has 40 heavy (non-hydrogen) atoms. The average molecular weight is 629 g/mol. The first-order chi connectivity index (χ1) is 19.0. The summed E-state index contributed by atoms with van der Waals surface area (Å²) in [6.07, 6.45) is 3.37. The molecule has 0 bridgehead atoms. The number of nitrogens with one attached hydrogen (secondary N) is 1. The molecule has 3 N–H and O–H groups in total. The Kier molecular flexibility index (Phi) is 13.4. The molecule has 12 heteroatoms. The highest BCUT2D eigenvalue weighted by Gasteiger charge is 2.39. The van der Waals surface area contributed by atoms with Crippen LogP contribution in [0.5, 0.6) is 0 Å². The van der Waals surface area contributed by atoms with E-state index in [4.69, 9.17) is 25.0 Å². The Morgan fingerprint density at radius 2 is 1.85 bits per heavy atom. The second-order valence-corrected chi connectivity index (χ2v) is 11.4. The van der Waals surface area contributed by atoms with Gasteiger partial charge in [-0.2, -0.15) is 0 Å². The molecule has 0 aromatic heterocycles. The van der Waals surface area contributed by atoms with Crippen LogP contribution < -0.4 is 11.3 Å². The maximum absolute atomic E-state index is 12.9. The van der Waals surface area contributed by atoms with Crippen molar-refractivity contribution in [2.75, 3.05) is 53.4 Å². The van der Waals surface area contributed by atoms with Crippen LogP contribution in [0.2, 0.25) is 0 Å². The van der Waals surface area contributed by atoms with Gasteiger partial charge in [0.05, 0.1) is 10.2 Å². The molecule has 1 saturated heterocycles. The van der Waals surface area contributed by atoms with E-state index in [1.165, 1.54) is 0 Å². The van der Waals surface area contributed by atoms with E-state index in [9.17, 15) is 4.79 Å². The molecule has 228 valence electrons. The predicted molar refractivity (Wildman–Crippen MR) is 163 cm³/mol. The number of carbonyl (C=O) groups excluding carboxylic acids is 1. The van der Waals surface area contributed by atoms with Crippen molar-refractivity contribution in [1.29, 1.82) is 0 Å². The quantitative estimate of drug-likeness (QED) is 0.202. The van der Waals surface area contributed by atoms with Gasteiger partial charge in [0, 0.05) is 57.6 Å². The highest BCUT2D eigenvalue weighted by Crippen LogP contribution is 2.38. The molecule has 1 fully saturated rings. The number of carbonyl (C=O) groups is 1. The third-order valence-corrected chi connectivity index (χ3v) is 7.05. The topological polar surface area (TPSA) is 108 Å². The number of hydrogen-bond donors (Lipinski definition) is 2. The van der Waals surface area contributed by atoms with Gasteiger partial charge in [-0.15, -0.1) is 0 Å². The van der Waals surface area contributed by atoms with Gasteiger partial charge in [-0.05, 0) is 75.9 Å². The number of hydrogen-bond acceptors (Lipinski definition) is 10. The largest absolute Gasteiger partial charge is 0.444 e. The molecule has 0 aromatic rings. The summed E-state index contributed by atoms with van der Waals surface area (Å²) in [6, 6.07) is 0. The molecule has 1 unspecified atom stereocenters. The Morgan fingerprint density at radius 3 is 2.40 bits per heavy atom. The number of amides is 1. The lowest BCUT2D eigenvalue weighted by molar-refractivity contribution is -0.0359. The van der Waals surface area contributed by atoms with Gasteiger partial charge in [-0.3, -0.25) is 0 Å². The molecular formula is C28H50BrN7O4. The van der Waals surface area contributed by atoms with Crippen LogP contribution in [0.1, 0.15) is 68.2 Å². The second kappa shape index (κ2) is 15.8. The molecule has 0 radical (unpaired) electrons. The Labute approximate surface area is 249 Å². The maximum Gasteiger partial charge on any atom is 0.410 e. The van der Waals surface area contributed by atoms with Gasteiger partial charge in [0.25, 0.3) is 0 Å². The number of halogens is 1. The Morgan fingerprint density at radius 1 is 1.23 bits per heavy atom. The first-order valence-electron chi connectivity index (χ1n) is 14.3. The maximum atomic E-state index is 12.9. The molecule has 11 nitrogen and oxygen atoms in total. The van der Waals surface area contributed by atoms with E-state index in [0.29, 0.717) is 46.3 Å². The van der Waals surface area contributed by atoms with Crippen molar-refractivity contribution in [2.24, 2.45) is 16.8 Å². The SMILES string of the molecule is CC.CCOCN(COCC)C1=C(Br)C(C2CCCN(C(=O)OC(C)(C)C)C2)=NC2=C(/C(C)=C/N(C)N)CNN21. The molecule has 0 aromatic carbocycles. The van der Waals surface area contributed by atoms with E-state index in [2.05, 4.69) is 21.4 Å². The smallest absolute Gasteiger partial charge is 0.410 e. The zero-order valence-corrected chi connectivity index (χ0v) is 27.4. The molecule has 0 aliphatic carbocycles. The minimum atomic E-state index is -0.547. The van der Waals surface area contributed by atoms with E-state index in [-0.39, 0.29) is 12.0 Å². The first-order valence-corrected chi connectivity index (χ1v) is 15.1. The van der Waals surface area contributed by atoms with Gasteiger partial charge in [-0.1, -0.05) is 13.8 Å². The number of fused-ring (bicyclic) bond motifs is 1. The third kappa shape index (κ3) is 8.94. The van der Waals surface area contributed by atoms with Gasteiger partial charge in [0.1, 0.15) is 24.9 Å². The second-order valence-electron chi connectivity index (χ2n) is 10.6. The van der Waals surface area contributed by atoms with Crippen LogP contribution in [0.3, 0.4) is 0 Å². The van der Waals surface area contributed by atoms with Crippen LogP contribution in [-0.2, 0) is 14.2 Å². The van der Waals surface area contributed by atoms with Crippen molar-refractivity contribution in [2.45, 2.75) is 73.8 Å². The molecule has 3 rings (SSSR count). The van der Waals surface area contributed by atoms with Crippen molar-refractivity contribution in [3.05, 3.63) is 33.5 Å². The van der Waals surface area contributed by atoms with E-state index in [1.807, 2.05) is 71.5 Å². The van der Waals surface area contributed by atoms with Crippen molar-refractivity contribution in [3.63, 3.8) is 0 Å². The van der Waals surface area contributed by atoms with Crippen molar-refractivity contribution < 1.29 is 19.0 Å². The number of allylic oxidation sites excluding steroid dienone is 1. The van der Waals surface area contributed by atoms with Crippen LogP contribution in [0, 0.1) is 5.92 Å². The number of nitrogens with two attached hydrogens (primary N) is 1. The van der Waals surface area contributed by atoms with E-state index in [0.717, 1.165) is 45.8 Å². The van der Waals surface area contributed by atoms with Gasteiger partial charge in [-0.25, -0.2) is 26.1 Å². The molecule has 1 amide bonds. The molecule has 1 atom stereocenters. The zero-order valence-electron chi connectivity index (χ0n) is 25.8. The lowest BCUT2D eigenvalue weighted by Crippen LogP contribution is -2.48. The normalized spacial score (nSPS) is 19.7. The van der Waals surface area contributed by atoms with Gasteiger partial charge < -0.3 is 29.0 Å². The number of rotatable bonds is 10. The summed E-state index contributed by atoms with van der Waals surface area (Å²) < 4.78 is 18.2. The van der Waals surface area contributed by atoms with Crippen molar-refractivity contribution in [3.8, 4) is 0 Å². The lowest BCUT2D eigenvalue weighted by atomic mass is 9.92. The number of nitrogens with zero attached hydrogens (tertiary/aromatic N) is 5. The molecule has 3 aliphatic heterocycles. The first kappa shape index (κ1) is 34.1. The monoisotopic (exact) mass is 627 g/mol. The summed E-state index contributed by atoms with van der Waals surface area (Å²) >= 11 is 3.90. The highest BCUT2D eigenvalue weighted by atomic mass is 79.9. The fourth-order valence-electron chi connectivity index (χ4n) is 4.62. The summed E-state index contributed by atoms with van der Waals surface area (Å²) in [7, 11) is 1.80. The van der Waals surface area contributed by atoms with Gasteiger partial charge >= 0.3 is 6.09 Å². The minimum Gasteiger partial charge on any atom is -0.444 e. The van der Waals surface area contributed by atoms with Crippen LogP contribution in [0.15, 0.2) is 38.5 Å². The Balaban J connectivity index is 0.00000274. The average Bonchev–Trinajstić information content (AvgIpc) is 3.32. The van der Waals surface area contributed by atoms with Gasteiger partial charge in [0.2, 0.25) is 0 Å². The molecule has 3 heterocycles. The summed E-state index contributed by atoms with van der Waals surface area (Å²) in [5.74, 6) is 7.62. The van der Waals surface area contributed by atoms with Crippen molar-refractivity contribution >= 4 is 27.7 Å². The van der Waals surface area contributed by atoms with E-state index >= 15 is 0 Å². The predicted octanol–water partition coefficient (Wildman–Crippen LogP) is 4.71. The van der Waals surface area contributed by atoms with Crippen LogP contribution in [-0.4, -0.2) is 90.6 Å².